The second kappa shape index (κ2) is 8.01. The molecule has 30 heavy (non-hydrogen) atoms. The Hall–Kier alpha value is -3.02. The van der Waals surface area contributed by atoms with Crippen molar-refractivity contribution in [3.63, 3.8) is 0 Å². The number of carbonyl (C=O) groups is 1. The van der Waals surface area contributed by atoms with Gasteiger partial charge in [0.25, 0.3) is 5.69 Å². The van der Waals surface area contributed by atoms with Gasteiger partial charge in [-0.25, -0.2) is 0 Å². The lowest BCUT2D eigenvalue weighted by molar-refractivity contribution is -0.384. The van der Waals surface area contributed by atoms with Crippen molar-refractivity contribution in [2.45, 2.75) is 19.3 Å². The monoisotopic (exact) mass is 440 g/mol. The van der Waals surface area contributed by atoms with Crippen molar-refractivity contribution in [3.05, 3.63) is 79.3 Å². The number of nitro groups is 1. The molecular weight excluding hydrogens is 424 g/mol. The quantitative estimate of drug-likeness (QED) is 0.504. The van der Waals surface area contributed by atoms with E-state index in [0.29, 0.717) is 33.7 Å². The number of nitrogens with zero attached hydrogens (tertiary/aromatic N) is 4. The summed E-state index contributed by atoms with van der Waals surface area (Å²) in [6, 6.07) is 14.1. The van der Waals surface area contributed by atoms with Gasteiger partial charge in [-0.15, -0.1) is 0 Å². The average molecular weight is 441 g/mol. The number of nitriles is 1. The lowest BCUT2D eigenvalue weighted by Crippen LogP contribution is -2.47. The predicted molar refractivity (Wildman–Crippen MR) is 116 cm³/mol. The van der Waals surface area contributed by atoms with Gasteiger partial charge >= 0.3 is 0 Å². The number of anilines is 1. The number of nitro benzene ring substituents is 1. The van der Waals surface area contributed by atoms with E-state index in [2.05, 4.69) is 11.0 Å². The number of rotatable bonds is 3. The summed E-state index contributed by atoms with van der Waals surface area (Å²) in [5.74, 6) is -0.0364. The highest BCUT2D eigenvalue weighted by atomic mass is 35.5. The maximum Gasteiger partial charge on any atom is 0.269 e. The van der Waals surface area contributed by atoms with Crippen molar-refractivity contribution < 1.29 is 9.72 Å². The fourth-order valence-corrected chi connectivity index (χ4v) is 5.12. The van der Waals surface area contributed by atoms with Crippen molar-refractivity contribution in [1.82, 2.24) is 4.90 Å². The SMILES string of the molecule is Cc1c(Cl)cccc1N1CSC2=C(C#N)C(c3cccc([N+](=O)[O-])c3)CC(=O)N2C1. The standard InChI is InChI=1S/C21H17ClN4O3S/c1-13-18(22)6-3-7-19(13)24-11-25-20(27)9-16(17(10-23)21(25)30-12-24)14-4-2-5-15(8-14)26(28)29/h2-8,16H,9,11-12H2,1H3. The normalized spacial score (nSPS) is 18.8. The van der Waals surface area contributed by atoms with Crippen LogP contribution in [0.4, 0.5) is 11.4 Å². The summed E-state index contributed by atoms with van der Waals surface area (Å²) in [5.41, 5.74) is 2.91. The zero-order chi connectivity index (χ0) is 21.4. The zero-order valence-corrected chi connectivity index (χ0v) is 17.6. The van der Waals surface area contributed by atoms with E-state index in [4.69, 9.17) is 11.6 Å². The summed E-state index contributed by atoms with van der Waals surface area (Å²) < 4.78 is 0. The number of hydrogen-bond donors (Lipinski definition) is 0. The molecule has 1 atom stereocenters. The van der Waals surface area contributed by atoms with Crippen LogP contribution in [-0.4, -0.2) is 28.3 Å². The molecular formula is C21H17ClN4O3S. The van der Waals surface area contributed by atoms with Gasteiger partial charge in [-0.05, 0) is 30.2 Å². The number of halogens is 1. The molecule has 0 aliphatic carbocycles. The Morgan fingerprint density at radius 3 is 2.80 bits per heavy atom. The molecule has 0 aromatic heterocycles. The Kier molecular flexibility index (Phi) is 5.41. The molecule has 2 aliphatic heterocycles. The molecule has 7 nitrogen and oxygen atoms in total. The number of thioether (sulfide) groups is 1. The first-order valence-corrected chi connectivity index (χ1v) is 10.6. The summed E-state index contributed by atoms with van der Waals surface area (Å²) in [5, 5.41) is 22.3. The van der Waals surface area contributed by atoms with Gasteiger partial charge in [-0.2, -0.15) is 5.26 Å². The van der Waals surface area contributed by atoms with Gasteiger partial charge in [-0.1, -0.05) is 41.6 Å². The number of fused-ring (bicyclic) bond motifs is 1. The molecule has 1 unspecified atom stereocenters. The van der Waals surface area contributed by atoms with Gasteiger partial charge in [0.1, 0.15) is 0 Å². The molecule has 0 bridgehead atoms. The van der Waals surface area contributed by atoms with Crippen molar-refractivity contribution in [3.8, 4) is 6.07 Å². The molecule has 2 aromatic rings. The molecule has 0 spiro atoms. The molecule has 0 N–H and O–H groups in total. The highest BCUT2D eigenvalue weighted by Crippen LogP contribution is 2.44. The van der Waals surface area contributed by atoms with Crippen LogP contribution in [0.1, 0.15) is 23.5 Å². The van der Waals surface area contributed by atoms with Gasteiger partial charge < -0.3 is 4.90 Å². The number of carbonyl (C=O) groups excluding carboxylic acids is 1. The third-order valence-corrected chi connectivity index (χ3v) is 6.92. The van der Waals surface area contributed by atoms with E-state index < -0.39 is 10.8 Å². The van der Waals surface area contributed by atoms with E-state index in [1.165, 1.54) is 23.9 Å². The van der Waals surface area contributed by atoms with Crippen LogP contribution in [0, 0.1) is 28.4 Å². The minimum atomic E-state index is -0.486. The minimum Gasteiger partial charge on any atom is -0.343 e. The molecule has 4 rings (SSSR count). The van der Waals surface area contributed by atoms with E-state index in [1.807, 2.05) is 25.1 Å². The summed E-state index contributed by atoms with van der Waals surface area (Å²) >= 11 is 7.67. The van der Waals surface area contributed by atoms with Crippen LogP contribution in [0.25, 0.3) is 0 Å². The molecule has 1 saturated heterocycles. The number of amides is 1. The molecule has 152 valence electrons. The van der Waals surface area contributed by atoms with Crippen LogP contribution in [0.5, 0.6) is 0 Å². The molecule has 9 heteroatoms. The van der Waals surface area contributed by atoms with E-state index in [-0.39, 0.29) is 18.0 Å². The van der Waals surface area contributed by atoms with Gasteiger partial charge in [0.2, 0.25) is 5.91 Å². The molecule has 0 saturated carbocycles. The Labute approximate surface area is 182 Å². The second-order valence-corrected chi connectivity index (χ2v) is 8.44. The van der Waals surface area contributed by atoms with Crippen molar-refractivity contribution in [1.29, 1.82) is 5.26 Å². The highest BCUT2D eigenvalue weighted by Gasteiger charge is 2.38. The van der Waals surface area contributed by atoms with Gasteiger partial charge in [0.05, 0.1) is 34.1 Å². The van der Waals surface area contributed by atoms with Crippen LogP contribution in [0.3, 0.4) is 0 Å². The van der Waals surface area contributed by atoms with Gasteiger partial charge in [-0.3, -0.25) is 19.8 Å². The first kappa shape index (κ1) is 20.3. The third kappa shape index (κ3) is 3.51. The first-order chi connectivity index (χ1) is 14.4. The van der Waals surface area contributed by atoms with Crippen LogP contribution < -0.4 is 4.90 Å². The molecule has 2 heterocycles. The Bertz CT molecular complexity index is 1130. The Balaban J connectivity index is 1.69. The smallest absolute Gasteiger partial charge is 0.269 e. The molecule has 0 radical (unpaired) electrons. The second-order valence-electron chi connectivity index (χ2n) is 7.10. The summed E-state index contributed by atoms with van der Waals surface area (Å²) in [4.78, 5) is 27.3. The minimum absolute atomic E-state index is 0.0522. The van der Waals surface area contributed by atoms with Crippen LogP contribution >= 0.6 is 23.4 Å². The average Bonchev–Trinajstić information content (AvgIpc) is 2.75. The van der Waals surface area contributed by atoms with Crippen LogP contribution in [0.2, 0.25) is 5.02 Å². The Morgan fingerprint density at radius 1 is 1.30 bits per heavy atom. The van der Waals surface area contributed by atoms with E-state index in [9.17, 15) is 20.2 Å². The maximum atomic E-state index is 13.0. The Morgan fingerprint density at radius 2 is 2.07 bits per heavy atom. The topological polar surface area (TPSA) is 90.5 Å². The van der Waals surface area contributed by atoms with Crippen LogP contribution in [-0.2, 0) is 4.79 Å². The highest BCUT2D eigenvalue weighted by molar-refractivity contribution is 8.03. The fraction of sp³-hybridized carbons (Fsp3) is 0.238. The van der Waals surface area contributed by atoms with E-state index >= 15 is 0 Å². The number of non-ortho nitro benzene ring substituents is 1. The van der Waals surface area contributed by atoms with Crippen molar-refractivity contribution >= 4 is 40.6 Å². The first-order valence-electron chi connectivity index (χ1n) is 9.22. The van der Waals surface area contributed by atoms with E-state index in [1.54, 1.807) is 17.0 Å². The molecule has 1 amide bonds. The largest absolute Gasteiger partial charge is 0.343 e. The lowest BCUT2D eigenvalue weighted by Gasteiger charge is -2.42. The van der Waals surface area contributed by atoms with Crippen molar-refractivity contribution in [2.75, 3.05) is 17.4 Å². The predicted octanol–water partition coefficient (Wildman–Crippen LogP) is 4.78. The molecule has 2 aromatic carbocycles. The summed E-state index contributed by atoms with van der Waals surface area (Å²) in [6.07, 6.45) is 0.0937. The molecule has 2 aliphatic rings. The van der Waals surface area contributed by atoms with Gasteiger partial charge in [0, 0.05) is 35.2 Å². The zero-order valence-electron chi connectivity index (χ0n) is 16.0. The van der Waals surface area contributed by atoms with Gasteiger partial charge in [0.15, 0.2) is 0 Å². The molecule has 1 fully saturated rings. The van der Waals surface area contributed by atoms with Crippen LogP contribution in [0.15, 0.2) is 53.1 Å². The summed E-state index contributed by atoms with van der Waals surface area (Å²) in [7, 11) is 0. The third-order valence-electron chi connectivity index (χ3n) is 5.36. The lowest BCUT2D eigenvalue weighted by atomic mass is 9.86. The number of benzene rings is 2. The van der Waals surface area contributed by atoms with E-state index in [0.717, 1.165) is 11.3 Å². The maximum absolute atomic E-state index is 13.0. The number of hydrogen-bond acceptors (Lipinski definition) is 6. The number of allylic oxidation sites excluding steroid dienone is 1. The fourth-order valence-electron chi connectivity index (χ4n) is 3.79. The van der Waals surface area contributed by atoms with Crippen molar-refractivity contribution in [2.24, 2.45) is 0 Å². The summed E-state index contributed by atoms with van der Waals surface area (Å²) in [6.45, 7) is 2.26.